The Hall–Kier alpha value is -2.51. The molecular formula is C22H30N4O3. The van der Waals surface area contributed by atoms with Gasteiger partial charge in [0.1, 0.15) is 0 Å². The Morgan fingerprint density at radius 2 is 1.90 bits per heavy atom. The van der Waals surface area contributed by atoms with E-state index in [0.29, 0.717) is 51.4 Å². The summed E-state index contributed by atoms with van der Waals surface area (Å²) in [6, 6.07) is 8.03. The summed E-state index contributed by atoms with van der Waals surface area (Å²) in [6.07, 6.45) is 0.809. The first-order valence-corrected chi connectivity index (χ1v) is 10.1. The fourth-order valence-electron chi connectivity index (χ4n) is 3.59. The molecule has 156 valence electrons. The molecule has 0 saturated carbocycles. The minimum atomic E-state index is 0.0158. The van der Waals surface area contributed by atoms with Gasteiger partial charge in [0.05, 0.1) is 23.3 Å². The van der Waals surface area contributed by atoms with Crippen LogP contribution in [0.2, 0.25) is 0 Å². The number of nitrogens with one attached hydrogen (secondary N) is 1. The van der Waals surface area contributed by atoms with Gasteiger partial charge in [-0.25, -0.2) is 0 Å². The molecule has 0 aliphatic carbocycles. The molecule has 0 bridgehead atoms. The van der Waals surface area contributed by atoms with Crippen molar-refractivity contribution in [1.29, 1.82) is 0 Å². The van der Waals surface area contributed by atoms with Gasteiger partial charge >= 0.3 is 0 Å². The van der Waals surface area contributed by atoms with Gasteiger partial charge in [-0.05, 0) is 38.5 Å². The van der Waals surface area contributed by atoms with Gasteiger partial charge in [-0.15, -0.1) is 0 Å². The molecule has 0 spiro atoms. The molecule has 7 heteroatoms. The molecule has 29 heavy (non-hydrogen) atoms. The van der Waals surface area contributed by atoms with Gasteiger partial charge in [-0.3, -0.25) is 19.5 Å². The number of methoxy groups -OCH3 is 1. The van der Waals surface area contributed by atoms with Crippen LogP contribution < -0.4 is 5.32 Å². The summed E-state index contributed by atoms with van der Waals surface area (Å²) < 4.78 is 4.98. The molecule has 1 N–H and O–H groups in total. The van der Waals surface area contributed by atoms with Crippen LogP contribution in [0.15, 0.2) is 24.3 Å². The highest BCUT2D eigenvalue weighted by Crippen LogP contribution is 2.20. The van der Waals surface area contributed by atoms with Crippen LogP contribution in [0.1, 0.15) is 28.0 Å². The number of hydrogen-bond acceptors (Lipinski definition) is 5. The Labute approximate surface area is 172 Å². The van der Waals surface area contributed by atoms with Gasteiger partial charge < -0.3 is 15.0 Å². The van der Waals surface area contributed by atoms with Crippen LogP contribution >= 0.6 is 0 Å². The summed E-state index contributed by atoms with van der Waals surface area (Å²) in [5.41, 5.74) is 3.47. The average Bonchev–Trinajstić information content (AvgIpc) is 2.71. The van der Waals surface area contributed by atoms with Crippen LogP contribution in [0.3, 0.4) is 0 Å². The molecule has 1 saturated heterocycles. The van der Waals surface area contributed by atoms with E-state index in [4.69, 9.17) is 4.74 Å². The van der Waals surface area contributed by atoms with Crippen molar-refractivity contribution in [3.05, 3.63) is 41.1 Å². The molecule has 3 rings (SSSR count). The number of nitrogens with zero attached hydrogens (tertiary/aromatic N) is 3. The van der Waals surface area contributed by atoms with Crippen molar-refractivity contribution in [3.8, 4) is 0 Å². The van der Waals surface area contributed by atoms with E-state index in [1.165, 1.54) is 0 Å². The lowest BCUT2D eigenvalue weighted by Gasteiger charge is -2.34. The van der Waals surface area contributed by atoms with Crippen LogP contribution in [0.25, 0.3) is 10.9 Å². The lowest BCUT2D eigenvalue weighted by Crippen LogP contribution is -2.51. The average molecular weight is 399 g/mol. The van der Waals surface area contributed by atoms with Gasteiger partial charge in [0.2, 0.25) is 5.91 Å². The summed E-state index contributed by atoms with van der Waals surface area (Å²) in [6.45, 7) is 8.16. The summed E-state index contributed by atoms with van der Waals surface area (Å²) in [7, 11) is 1.65. The lowest BCUT2D eigenvalue weighted by molar-refractivity contribution is -0.122. The first-order valence-electron chi connectivity index (χ1n) is 10.1. The monoisotopic (exact) mass is 398 g/mol. The third-order valence-electron chi connectivity index (χ3n) is 5.27. The van der Waals surface area contributed by atoms with Gasteiger partial charge in [-0.2, -0.15) is 0 Å². The molecular weight excluding hydrogens is 368 g/mol. The first-order chi connectivity index (χ1) is 14.0. The highest BCUT2D eigenvalue weighted by Gasteiger charge is 2.24. The zero-order valence-corrected chi connectivity index (χ0v) is 17.5. The van der Waals surface area contributed by atoms with E-state index in [9.17, 15) is 9.59 Å². The van der Waals surface area contributed by atoms with Crippen molar-refractivity contribution in [3.63, 3.8) is 0 Å². The van der Waals surface area contributed by atoms with Gasteiger partial charge in [0.25, 0.3) is 5.91 Å². The van der Waals surface area contributed by atoms with Crippen LogP contribution in [0.5, 0.6) is 0 Å². The summed E-state index contributed by atoms with van der Waals surface area (Å²) >= 11 is 0. The number of fused-ring (bicyclic) bond motifs is 1. The van der Waals surface area contributed by atoms with Gasteiger partial charge in [0, 0.05) is 51.8 Å². The predicted molar refractivity (Wildman–Crippen MR) is 113 cm³/mol. The van der Waals surface area contributed by atoms with Crippen molar-refractivity contribution in [2.45, 2.75) is 20.3 Å². The fraction of sp³-hybridized carbons (Fsp3) is 0.500. The number of carbonyl (C=O) groups excluding carboxylic acids is 2. The molecule has 2 heterocycles. The van der Waals surface area contributed by atoms with Crippen molar-refractivity contribution in [1.82, 2.24) is 20.1 Å². The summed E-state index contributed by atoms with van der Waals surface area (Å²) in [5, 5.41) is 3.89. The second-order valence-electron chi connectivity index (χ2n) is 7.58. The van der Waals surface area contributed by atoms with E-state index in [-0.39, 0.29) is 11.8 Å². The maximum atomic E-state index is 13.1. The SMILES string of the molecule is COCCCNC(=O)CN1CCN(C(=O)c2cc3cc(C)ccc3nc2C)CC1. The molecule has 0 unspecified atom stereocenters. The molecule has 0 atom stereocenters. The Kier molecular flexibility index (Phi) is 7.17. The Balaban J connectivity index is 1.55. The van der Waals surface area contributed by atoms with E-state index in [0.717, 1.165) is 28.6 Å². The maximum Gasteiger partial charge on any atom is 0.255 e. The number of rotatable bonds is 7. The molecule has 1 aliphatic rings. The molecule has 1 fully saturated rings. The molecule has 7 nitrogen and oxygen atoms in total. The third-order valence-corrected chi connectivity index (χ3v) is 5.27. The van der Waals surface area contributed by atoms with E-state index in [1.54, 1.807) is 7.11 Å². The standard InChI is InChI=1S/C22H30N4O3/c1-16-5-6-20-18(13-16)14-19(17(2)24-20)22(28)26-10-8-25(9-11-26)15-21(27)23-7-4-12-29-3/h5-6,13-14H,4,7-12,15H2,1-3H3,(H,23,27). The van der Waals surface area contributed by atoms with Crippen LogP contribution in [-0.4, -0.2) is 79.6 Å². The number of aromatic nitrogens is 1. The lowest BCUT2D eigenvalue weighted by atomic mass is 10.1. The zero-order chi connectivity index (χ0) is 20.8. The number of aryl methyl sites for hydroxylation is 2. The van der Waals surface area contributed by atoms with Crippen LogP contribution in [-0.2, 0) is 9.53 Å². The minimum absolute atomic E-state index is 0.0158. The minimum Gasteiger partial charge on any atom is -0.385 e. The summed E-state index contributed by atoms with van der Waals surface area (Å²) in [4.78, 5) is 33.6. The number of ether oxygens (including phenoxy) is 1. The largest absolute Gasteiger partial charge is 0.385 e. The number of benzene rings is 1. The number of carbonyl (C=O) groups is 2. The normalized spacial score (nSPS) is 14.9. The molecule has 1 aromatic carbocycles. The number of piperazine rings is 1. The maximum absolute atomic E-state index is 13.1. The predicted octanol–water partition coefficient (Wildman–Crippen LogP) is 1.76. The molecule has 1 aliphatic heterocycles. The smallest absolute Gasteiger partial charge is 0.255 e. The fourth-order valence-corrected chi connectivity index (χ4v) is 3.59. The van der Waals surface area contributed by atoms with Crippen LogP contribution in [0.4, 0.5) is 0 Å². The van der Waals surface area contributed by atoms with Crippen molar-refractivity contribution in [2.24, 2.45) is 0 Å². The molecule has 2 amide bonds. The van der Waals surface area contributed by atoms with Crippen LogP contribution in [0, 0.1) is 13.8 Å². The molecule has 0 radical (unpaired) electrons. The summed E-state index contributed by atoms with van der Waals surface area (Å²) in [5.74, 6) is 0.0351. The van der Waals surface area contributed by atoms with Crippen molar-refractivity contribution in [2.75, 3.05) is 53.0 Å². The number of amides is 2. The Bertz CT molecular complexity index is 876. The number of hydrogen-bond donors (Lipinski definition) is 1. The Morgan fingerprint density at radius 3 is 2.62 bits per heavy atom. The molecule has 1 aromatic heterocycles. The second-order valence-corrected chi connectivity index (χ2v) is 7.58. The van der Waals surface area contributed by atoms with E-state index in [1.807, 2.05) is 36.9 Å². The van der Waals surface area contributed by atoms with E-state index < -0.39 is 0 Å². The van der Waals surface area contributed by atoms with Crippen molar-refractivity contribution >= 4 is 22.7 Å². The van der Waals surface area contributed by atoms with E-state index >= 15 is 0 Å². The molecule has 2 aromatic rings. The highest BCUT2D eigenvalue weighted by atomic mass is 16.5. The second kappa shape index (κ2) is 9.80. The van der Waals surface area contributed by atoms with Crippen molar-refractivity contribution < 1.29 is 14.3 Å². The van der Waals surface area contributed by atoms with Gasteiger partial charge in [0.15, 0.2) is 0 Å². The topological polar surface area (TPSA) is 74.8 Å². The van der Waals surface area contributed by atoms with E-state index in [2.05, 4.69) is 21.3 Å². The quantitative estimate of drug-likeness (QED) is 0.720. The highest BCUT2D eigenvalue weighted by molar-refractivity contribution is 5.98. The first kappa shape index (κ1) is 21.2. The number of pyridine rings is 1. The van der Waals surface area contributed by atoms with Gasteiger partial charge in [-0.1, -0.05) is 11.6 Å². The third kappa shape index (κ3) is 5.52. The Morgan fingerprint density at radius 1 is 1.14 bits per heavy atom. The zero-order valence-electron chi connectivity index (χ0n) is 17.5.